The maximum absolute atomic E-state index is 14.4. The lowest BCUT2D eigenvalue weighted by Crippen LogP contribution is -2.67. The highest BCUT2D eigenvalue weighted by atomic mass is 32.1. The molecular weight excluding hydrogens is 725 g/mol. The van der Waals surface area contributed by atoms with Crippen molar-refractivity contribution in [3.8, 4) is 5.75 Å². The van der Waals surface area contributed by atoms with Crippen LogP contribution in [-0.2, 0) is 14.3 Å². The van der Waals surface area contributed by atoms with Gasteiger partial charge in [-0.3, -0.25) is 14.5 Å². The molecule has 1 aromatic heterocycles. The van der Waals surface area contributed by atoms with E-state index in [1.54, 1.807) is 14.0 Å². The summed E-state index contributed by atoms with van der Waals surface area (Å²) in [6.07, 6.45) is 3.93. The molecule has 294 valence electrons. The van der Waals surface area contributed by atoms with Gasteiger partial charge < -0.3 is 25.0 Å². The standard InChI is InChI=1S/C36H48F5N5O6S/c1-8-19(5)29(44-34(49)36-14-10-12-20(46(36)7)13-11-15-36)32(47)45(6)22(18(3)4)16-23(51-35(50)42-9-2)31-43-21(17-53-31)33(48)52-30-27(40)25(38)24(37)26(39)28(30)41/h17-20,22-23,29H,8-16H2,1-7H3,(H,42,50)(H,44,49)/t19-,20?,22?,23+,29-,36?/m0/s1. The zero-order valence-electron chi connectivity index (χ0n) is 31.0. The number of hydrogen-bond donors (Lipinski definition) is 2. The van der Waals surface area contributed by atoms with Crippen molar-refractivity contribution >= 4 is 35.2 Å². The van der Waals surface area contributed by atoms with Crippen LogP contribution in [0.1, 0.15) is 108 Å². The Morgan fingerprint density at radius 3 is 2.13 bits per heavy atom. The molecule has 11 nitrogen and oxygen atoms in total. The van der Waals surface area contributed by atoms with Crippen LogP contribution in [0.25, 0.3) is 0 Å². The summed E-state index contributed by atoms with van der Waals surface area (Å²) in [5.74, 6) is -15.9. The number of fused-ring (bicyclic) bond motifs is 2. The summed E-state index contributed by atoms with van der Waals surface area (Å²) in [5.41, 5.74) is -1.24. The number of esters is 1. The molecule has 4 rings (SSSR count). The molecule has 2 N–H and O–H groups in total. The number of aromatic nitrogens is 1. The van der Waals surface area contributed by atoms with E-state index in [2.05, 4.69) is 25.3 Å². The third-order valence-corrected chi connectivity index (χ3v) is 11.6. The fourth-order valence-electron chi connectivity index (χ4n) is 7.31. The highest BCUT2D eigenvalue weighted by Gasteiger charge is 2.50. The number of halogens is 5. The largest absolute Gasteiger partial charge is 0.439 e. The average molecular weight is 774 g/mol. The van der Waals surface area contributed by atoms with E-state index >= 15 is 0 Å². The molecule has 17 heteroatoms. The van der Waals surface area contributed by atoms with Crippen molar-refractivity contribution in [1.29, 1.82) is 0 Å². The highest BCUT2D eigenvalue weighted by molar-refractivity contribution is 7.09. The van der Waals surface area contributed by atoms with Gasteiger partial charge in [-0.2, -0.15) is 8.78 Å². The fraction of sp³-hybridized carbons (Fsp3) is 0.639. The van der Waals surface area contributed by atoms with E-state index in [0.717, 1.165) is 42.4 Å². The summed E-state index contributed by atoms with van der Waals surface area (Å²) in [6.45, 7) is 9.44. The fourth-order valence-corrected chi connectivity index (χ4v) is 8.14. The second-order valence-electron chi connectivity index (χ2n) is 14.2. The summed E-state index contributed by atoms with van der Waals surface area (Å²) in [7, 11) is 3.59. The van der Waals surface area contributed by atoms with Crippen LogP contribution in [0, 0.1) is 40.9 Å². The SMILES string of the molecule is CCNC(=O)O[C@H](CC(C(C)C)N(C)C(=O)[C@@H](NC(=O)C12CCCC(CCC1)N2C)[C@@H](C)CC)c1nc(C(=O)Oc2c(F)c(F)c(F)c(F)c2F)cs1. The topological polar surface area (TPSA) is 130 Å². The predicted octanol–water partition coefficient (Wildman–Crippen LogP) is 6.66. The van der Waals surface area contributed by atoms with Gasteiger partial charge in [0.05, 0.1) is 0 Å². The number of hydrogen-bond acceptors (Lipinski definition) is 9. The maximum atomic E-state index is 14.4. The number of alkyl carbamates (subject to hydrolysis) is 1. The van der Waals surface area contributed by atoms with Crippen LogP contribution in [0.2, 0.25) is 0 Å². The Kier molecular flexibility index (Phi) is 13.8. The Balaban J connectivity index is 1.59. The minimum atomic E-state index is -2.42. The monoisotopic (exact) mass is 773 g/mol. The molecule has 4 atom stereocenters. The van der Waals surface area contributed by atoms with Crippen LogP contribution >= 0.6 is 11.3 Å². The molecular formula is C36H48F5N5O6S. The lowest BCUT2D eigenvalue weighted by Gasteiger charge is -2.52. The summed E-state index contributed by atoms with van der Waals surface area (Å²) >= 11 is 0.817. The van der Waals surface area contributed by atoms with Gasteiger partial charge in [0.1, 0.15) is 16.6 Å². The number of likely N-dealkylation sites (N-methyl/N-ethyl adjacent to an activating group) is 2. The van der Waals surface area contributed by atoms with E-state index < -0.39 is 76.3 Å². The van der Waals surface area contributed by atoms with Gasteiger partial charge in [-0.25, -0.2) is 27.7 Å². The van der Waals surface area contributed by atoms with Gasteiger partial charge in [-0.1, -0.05) is 34.1 Å². The van der Waals surface area contributed by atoms with E-state index in [4.69, 9.17) is 4.74 Å². The second-order valence-corrected chi connectivity index (χ2v) is 15.1. The first-order chi connectivity index (χ1) is 25.0. The Morgan fingerprint density at radius 1 is 1.00 bits per heavy atom. The van der Waals surface area contributed by atoms with Crippen molar-refractivity contribution in [3.05, 3.63) is 45.2 Å². The van der Waals surface area contributed by atoms with Crippen molar-refractivity contribution in [2.24, 2.45) is 11.8 Å². The Labute approximate surface area is 310 Å². The van der Waals surface area contributed by atoms with E-state index in [1.807, 2.05) is 34.7 Å². The lowest BCUT2D eigenvalue weighted by molar-refractivity contribution is -0.148. The van der Waals surface area contributed by atoms with Crippen LogP contribution < -0.4 is 15.4 Å². The van der Waals surface area contributed by atoms with Gasteiger partial charge in [-0.05, 0) is 64.3 Å². The van der Waals surface area contributed by atoms with Crippen LogP contribution in [0.15, 0.2) is 5.38 Å². The van der Waals surface area contributed by atoms with Crippen LogP contribution in [0.4, 0.5) is 26.7 Å². The van der Waals surface area contributed by atoms with Gasteiger partial charge in [0.2, 0.25) is 46.6 Å². The third-order valence-electron chi connectivity index (χ3n) is 10.7. The number of ether oxygens (including phenoxy) is 2. The molecule has 53 heavy (non-hydrogen) atoms. The zero-order valence-corrected chi connectivity index (χ0v) is 31.8. The summed E-state index contributed by atoms with van der Waals surface area (Å²) in [6, 6.07) is -1.14. The quantitative estimate of drug-likeness (QED) is 0.0718. The Bertz CT molecular complexity index is 1640. The average Bonchev–Trinajstić information content (AvgIpc) is 3.62. The minimum absolute atomic E-state index is 0.0216. The zero-order chi connectivity index (χ0) is 39.4. The minimum Gasteiger partial charge on any atom is -0.439 e. The molecule has 2 aromatic rings. The Hall–Kier alpha value is -3.86. The van der Waals surface area contributed by atoms with Crippen molar-refractivity contribution in [1.82, 2.24) is 25.4 Å². The van der Waals surface area contributed by atoms with Crippen molar-refractivity contribution in [2.45, 2.75) is 116 Å². The van der Waals surface area contributed by atoms with Gasteiger partial charge in [0, 0.05) is 37.5 Å². The van der Waals surface area contributed by atoms with Crippen molar-refractivity contribution in [3.63, 3.8) is 0 Å². The number of benzene rings is 1. The molecule has 0 radical (unpaired) electrons. The number of nitrogens with zero attached hydrogens (tertiary/aromatic N) is 3. The van der Waals surface area contributed by atoms with Crippen LogP contribution in [0.3, 0.4) is 0 Å². The van der Waals surface area contributed by atoms with E-state index in [1.165, 1.54) is 4.90 Å². The van der Waals surface area contributed by atoms with Crippen LogP contribution in [0.5, 0.6) is 5.75 Å². The lowest BCUT2D eigenvalue weighted by atomic mass is 9.73. The van der Waals surface area contributed by atoms with E-state index in [9.17, 15) is 41.1 Å². The molecule has 2 aliphatic heterocycles. The molecule has 3 amide bonds. The predicted molar refractivity (Wildman–Crippen MR) is 186 cm³/mol. The first-order valence-electron chi connectivity index (χ1n) is 17.9. The van der Waals surface area contributed by atoms with Gasteiger partial charge in [0.15, 0.2) is 11.8 Å². The number of thiazole rings is 1. The number of amides is 3. The number of piperidine rings is 2. The molecule has 2 saturated heterocycles. The molecule has 2 fully saturated rings. The maximum Gasteiger partial charge on any atom is 0.407 e. The summed E-state index contributed by atoms with van der Waals surface area (Å²) in [5, 5.41) is 6.78. The van der Waals surface area contributed by atoms with Gasteiger partial charge in [0.25, 0.3) is 0 Å². The molecule has 2 aliphatic rings. The number of rotatable bonds is 14. The molecule has 3 heterocycles. The van der Waals surface area contributed by atoms with E-state index in [-0.39, 0.29) is 41.6 Å². The first-order valence-corrected chi connectivity index (χ1v) is 18.8. The summed E-state index contributed by atoms with van der Waals surface area (Å²) in [4.78, 5) is 61.8. The van der Waals surface area contributed by atoms with Crippen molar-refractivity contribution < 1.29 is 50.6 Å². The van der Waals surface area contributed by atoms with Crippen molar-refractivity contribution in [2.75, 3.05) is 20.6 Å². The molecule has 2 bridgehead atoms. The molecule has 0 aliphatic carbocycles. The normalized spacial score (nSPS) is 21.0. The molecule has 0 saturated carbocycles. The number of nitrogens with one attached hydrogen (secondary N) is 2. The third kappa shape index (κ3) is 8.76. The van der Waals surface area contributed by atoms with E-state index in [0.29, 0.717) is 25.3 Å². The highest BCUT2D eigenvalue weighted by Crippen LogP contribution is 2.41. The number of carbonyl (C=O) groups is 4. The van der Waals surface area contributed by atoms with Gasteiger partial charge >= 0.3 is 12.1 Å². The van der Waals surface area contributed by atoms with Crippen LogP contribution in [-0.4, -0.2) is 83.0 Å². The summed E-state index contributed by atoms with van der Waals surface area (Å²) < 4.78 is 79.6. The van der Waals surface area contributed by atoms with Gasteiger partial charge in [-0.15, -0.1) is 11.3 Å². The smallest absolute Gasteiger partial charge is 0.407 e. The Morgan fingerprint density at radius 2 is 1.58 bits per heavy atom. The molecule has 0 spiro atoms. The number of carbonyl (C=O) groups excluding carboxylic acids is 4. The molecule has 1 unspecified atom stereocenters. The molecule has 1 aromatic carbocycles. The first kappa shape index (κ1) is 41.9. The second kappa shape index (κ2) is 17.5.